The van der Waals surface area contributed by atoms with Crippen LogP contribution < -0.4 is 11.1 Å². The van der Waals surface area contributed by atoms with Gasteiger partial charge in [-0.05, 0) is 13.3 Å². The van der Waals surface area contributed by atoms with Gasteiger partial charge in [0.25, 0.3) is 0 Å². The van der Waals surface area contributed by atoms with Crippen molar-refractivity contribution in [1.29, 1.82) is 0 Å². The number of nitrogens with two attached hydrogens (primary N) is 1. The first-order chi connectivity index (χ1) is 4.98. The number of hydrogen-bond donors (Lipinski definition) is 2. The molecule has 0 saturated carbocycles. The summed E-state index contributed by atoms with van der Waals surface area (Å²) in [7, 11) is 0. The minimum atomic E-state index is -0.250. The lowest BCUT2D eigenvalue weighted by Crippen LogP contribution is -2.47. The Morgan fingerprint density at radius 3 is 2.55 bits per heavy atom. The first-order valence-electron chi connectivity index (χ1n) is 4.01. The van der Waals surface area contributed by atoms with Crippen LogP contribution in [0.15, 0.2) is 0 Å². The van der Waals surface area contributed by atoms with Gasteiger partial charge in [-0.25, -0.2) is 0 Å². The molecule has 0 aromatic carbocycles. The number of carbonyl (C=O) groups is 1. The fraction of sp³-hybridized carbons (Fsp3) is 0.875. The number of nitrogens with one attached hydrogen (secondary N) is 1. The summed E-state index contributed by atoms with van der Waals surface area (Å²) in [5.41, 5.74) is 5.61. The molecule has 0 heterocycles. The molecule has 0 fully saturated rings. The van der Waals surface area contributed by atoms with E-state index in [9.17, 15) is 4.79 Å². The molecule has 3 nitrogen and oxygen atoms in total. The quantitative estimate of drug-likeness (QED) is 0.631. The van der Waals surface area contributed by atoms with Gasteiger partial charge in [0.05, 0.1) is 0 Å². The largest absolute Gasteiger partial charge is 0.355 e. The van der Waals surface area contributed by atoms with E-state index in [4.69, 9.17) is 5.73 Å². The highest BCUT2D eigenvalue weighted by atomic mass is 16.1. The highest BCUT2D eigenvalue weighted by Gasteiger charge is 2.16. The van der Waals surface area contributed by atoms with E-state index in [1.807, 2.05) is 6.92 Å². The van der Waals surface area contributed by atoms with E-state index in [1.54, 1.807) is 0 Å². The summed E-state index contributed by atoms with van der Waals surface area (Å²) < 4.78 is 0. The maximum Gasteiger partial charge on any atom is 0.216 e. The molecule has 0 radical (unpaired) electrons. The summed E-state index contributed by atoms with van der Waals surface area (Å²) in [6.45, 7) is 6.10. The van der Waals surface area contributed by atoms with Gasteiger partial charge in [0.15, 0.2) is 0 Å². The van der Waals surface area contributed by atoms with Crippen LogP contribution in [0.5, 0.6) is 0 Å². The van der Waals surface area contributed by atoms with Crippen LogP contribution in [0.2, 0.25) is 0 Å². The maximum atomic E-state index is 10.5. The second-order valence-corrected chi connectivity index (χ2v) is 3.31. The highest BCUT2D eigenvalue weighted by molar-refractivity contribution is 5.72. The molecule has 1 amide bonds. The number of carbonyl (C=O) groups excluding carboxylic acids is 1. The van der Waals surface area contributed by atoms with E-state index in [2.05, 4.69) is 12.2 Å². The van der Waals surface area contributed by atoms with Gasteiger partial charge in [-0.1, -0.05) is 13.3 Å². The van der Waals surface area contributed by atoms with Gasteiger partial charge in [-0.15, -0.1) is 0 Å². The van der Waals surface area contributed by atoms with Crippen LogP contribution in [-0.4, -0.2) is 18.0 Å². The molecule has 1 atom stereocenters. The zero-order valence-corrected chi connectivity index (χ0v) is 7.61. The Balaban J connectivity index is 3.63. The molecule has 0 spiro atoms. The third-order valence-corrected chi connectivity index (χ3v) is 1.56. The average Bonchev–Trinajstić information content (AvgIpc) is 1.84. The van der Waals surface area contributed by atoms with Crippen molar-refractivity contribution in [3.8, 4) is 0 Å². The molecule has 0 aliphatic heterocycles. The summed E-state index contributed by atoms with van der Waals surface area (Å²) in [6, 6.07) is 0. The van der Waals surface area contributed by atoms with Gasteiger partial charge < -0.3 is 11.1 Å². The van der Waals surface area contributed by atoms with Gasteiger partial charge in [-0.2, -0.15) is 0 Å². The molecular formula is C8H18N2O. The van der Waals surface area contributed by atoms with Crippen LogP contribution >= 0.6 is 0 Å². The van der Waals surface area contributed by atoms with E-state index in [0.717, 1.165) is 12.8 Å². The molecule has 0 unspecified atom stereocenters. The third-order valence-electron chi connectivity index (χ3n) is 1.56. The average molecular weight is 158 g/mol. The normalized spacial score (nSPS) is 15.6. The Hall–Kier alpha value is -0.570. The molecule has 0 aliphatic carbocycles. The minimum Gasteiger partial charge on any atom is -0.355 e. The van der Waals surface area contributed by atoms with Crippen molar-refractivity contribution in [3.05, 3.63) is 0 Å². The van der Waals surface area contributed by atoms with Crippen molar-refractivity contribution in [3.63, 3.8) is 0 Å². The Kier molecular flexibility index (Phi) is 4.11. The smallest absolute Gasteiger partial charge is 0.216 e. The Morgan fingerprint density at radius 1 is 1.64 bits per heavy atom. The van der Waals surface area contributed by atoms with Crippen molar-refractivity contribution in [1.82, 2.24) is 5.32 Å². The fourth-order valence-electron chi connectivity index (χ4n) is 0.986. The molecule has 0 rings (SSSR count). The molecule has 0 aliphatic rings. The fourth-order valence-corrected chi connectivity index (χ4v) is 0.986. The molecular weight excluding hydrogens is 140 g/mol. The van der Waals surface area contributed by atoms with Crippen LogP contribution in [0.1, 0.15) is 33.6 Å². The Bertz CT molecular complexity index is 132. The second-order valence-electron chi connectivity index (χ2n) is 3.31. The predicted molar refractivity (Wildman–Crippen MR) is 46.2 cm³/mol. The second kappa shape index (κ2) is 4.34. The third kappa shape index (κ3) is 5.85. The van der Waals surface area contributed by atoms with Gasteiger partial charge in [-0.3, -0.25) is 4.79 Å². The maximum absolute atomic E-state index is 10.5. The summed E-state index contributed by atoms with van der Waals surface area (Å²) >= 11 is 0. The van der Waals surface area contributed by atoms with E-state index < -0.39 is 0 Å². The zero-order valence-electron chi connectivity index (χ0n) is 7.61. The molecule has 0 aromatic heterocycles. The zero-order chi connectivity index (χ0) is 8.91. The van der Waals surface area contributed by atoms with Crippen molar-refractivity contribution in [2.24, 2.45) is 5.73 Å². The summed E-state index contributed by atoms with van der Waals surface area (Å²) in [4.78, 5) is 10.5. The number of hydrogen-bond acceptors (Lipinski definition) is 2. The van der Waals surface area contributed by atoms with Gasteiger partial charge in [0.1, 0.15) is 0 Å². The van der Waals surface area contributed by atoms with Crippen molar-refractivity contribution in [2.75, 3.05) is 6.54 Å². The van der Waals surface area contributed by atoms with E-state index in [1.165, 1.54) is 6.92 Å². The SMILES string of the molecule is CCC[C@@](C)(N)CNC(C)=O. The molecule has 11 heavy (non-hydrogen) atoms. The minimum absolute atomic E-state index is 0.0159. The Morgan fingerprint density at radius 2 is 2.18 bits per heavy atom. The van der Waals surface area contributed by atoms with E-state index >= 15 is 0 Å². The summed E-state index contributed by atoms with van der Waals surface area (Å²) in [5, 5.41) is 2.71. The molecule has 3 heteroatoms. The summed E-state index contributed by atoms with van der Waals surface area (Å²) in [5.74, 6) is -0.0159. The predicted octanol–water partition coefficient (Wildman–Crippen LogP) is 0.640. The summed E-state index contributed by atoms with van der Waals surface area (Å²) in [6.07, 6.45) is 1.99. The molecule has 0 aromatic rings. The van der Waals surface area contributed by atoms with Crippen LogP contribution in [0.25, 0.3) is 0 Å². The van der Waals surface area contributed by atoms with Crippen molar-refractivity contribution < 1.29 is 4.79 Å². The van der Waals surface area contributed by atoms with E-state index in [-0.39, 0.29) is 11.4 Å². The lowest BCUT2D eigenvalue weighted by molar-refractivity contribution is -0.119. The number of rotatable bonds is 4. The molecule has 0 bridgehead atoms. The van der Waals surface area contributed by atoms with Crippen LogP contribution in [-0.2, 0) is 4.79 Å². The van der Waals surface area contributed by atoms with Gasteiger partial charge in [0.2, 0.25) is 5.91 Å². The topological polar surface area (TPSA) is 55.1 Å². The van der Waals surface area contributed by atoms with Gasteiger partial charge in [0, 0.05) is 19.0 Å². The highest BCUT2D eigenvalue weighted by Crippen LogP contribution is 2.06. The lowest BCUT2D eigenvalue weighted by atomic mass is 9.98. The van der Waals surface area contributed by atoms with Crippen LogP contribution in [0.4, 0.5) is 0 Å². The standard InChI is InChI=1S/C8H18N2O/c1-4-5-8(3,9)6-10-7(2)11/h4-6,9H2,1-3H3,(H,10,11)/t8-/m1/s1. The van der Waals surface area contributed by atoms with Crippen molar-refractivity contribution >= 4 is 5.91 Å². The first kappa shape index (κ1) is 10.4. The van der Waals surface area contributed by atoms with Crippen LogP contribution in [0, 0.1) is 0 Å². The first-order valence-corrected chi connectivity index (χ1v) is 4.01. The van der Waals surface area contributed by atoms with Crippen molar-refractivity contribution in [2.45, 2.75) is 39.2 Å². The lowest BCUT2D eigenvalue weighted by Gasteiger charge is -2.23. The number of amides is 1. The van der Waals surface area contributed by atoms with Crippen LogP contribution in [0.3, 0.4) is 0 Å². The Labute approximate surface area is 68.3 Å². The molecule has 66 valence electrons. The molecule has 0 saturated heterocycles. The van der Waals surface area contributed by atoms with Gasteiger partial charge >= 0.3 is 0 Å². The molecule has 3 N–H and O–H groups in total. The van der Waals surface area contributed by atoms with E-state index in [0.29, 0.717) is 6.54 Å². The monoisotopic (exact) mass is 158 g/mol.